The standard InChI is InChI=1S/C17H20N6O2S.ClH/c1-23-17(20-15(22-23)10-4-6-18-7-5-10)21-16(25)11-2-3-13-12(8-11)19-14(24)9-26-13;/h2-3,8,10,18H,4-7,9H2,1H3,(H,19,24)(H,20,21,22,25);1H. The summed E-state index contributed by atoms with van der Waals surface area (Å²) in [6, 6.07) is 5.30. The molecule has 0 atom stereocenters. The summed E-state index contributed by atoms with van der Waals surface area (Å²) in [4.78, 5) is 29.6. The van der Waals surface area contributed by atoms with Gasteiger partial charge in [0.1, 0.15) is 0 Å². The van der Waals surface area contributed by atoms with E-state index in [1.54, 1.807) is 23.9 Å². The Kier molecular flexibility index (Phi) is 6.03. The topological polar surface area (TPSA) is 101 Å². The molecule has 0 radical (unpaired) electrons. The molecule has 4 rings (SSSR count). The van der Waals surface area contributed by atoms with Gasteiger partial charge in [0.15, 0.2) is 5.82 Å². The van der Waals surface area contributed by atoms with Crippen LogP contribution in [0.25, 0.3) is 0 Å². The third-order valence-corrected chi connectivity index (χ3v) is 5.66. The second-order valence-electron chi connectivity index (χ2n) is 6.44. The Morgan fingerprint density at radius 2 is 2.11 bits per heavy atom. The summed E-state index contributed by atoms with van der Waals surface area (Å²) in [7, 11) is 1.77. The highest BCUT2D eigenvalue weighted by Crippen LogP contribution is 2.32. The number of carbonyl (C=O) groups excluding carboxylic acids is 2. The van der Waals surface area contributed by atoms with E-state index >= 15 is 0 Å². The Hall–Kier alpha value is -2.10. The summed E-state index contributed by atoms with van der Waals surface area (Å²) < 4.78 is 1.60. The first-order chi connectivity index (χ1) is 12.6. The predicted molar refractivity (Wildman–Crippen MR) is 107 cm³/mol. The van der Waals surface area contributed by atoms with Gasteiger partial charge >= 0.3 is 0 Å². The largest absolute Gasteiger partial charge is 0.324 e. The molecule has 27 heavy (non-hydrogen) atoms. The van der Waals surface area contributed by atoms with Crippen LogP contribution in [0.5, 0.6) is 0 Å². The lowest BCUT2D eigenvalue weighted by Gasteiger charge is -2.19. The molecule has 3 N–H and O–H groups in total. The molecule has 0 saturated carbocycles. The maximum Gasteiger partial charge on any atom is 0.258 e. The van der Waals surface area contributed by atoms with E-state index in [0.717, 1.165) is 36.7 Å². The molecule has 1 aromatic carbocycles. The lowest BCUT2D eigenvalue weighted by atomic mass is 9.98. The third kappa shape index (κ3) is 4.26. The first-order valence-electron chi connectivity index (χ1n) is 8.60. The zero-order chi connectivity index (χ0) is 18.1. The van der Waals surface area contributed by atoms with E-state index in [1.165, 1.54) is 11.8 Å². The highest BCUT2D eigenvalue weighted by molar-refractivity contribution is 8.00. The highest BCUT2D eigenvalue weighted by Gasteiger charge is 2.22. The second kappa shape index (κ2) is 8.28. The summed E-state index contributed by atoms with van der Waals surface area (Å²) in [6.45, 7) is 1.92. The summed E-state index contributed by atoms with van der Waals surface area (Å²) >= 11 is 1.47. The van der Waals surface area contributed by atoms with Crippen LogP contribution in [-0.2, 0) is 11.8 Å². The van der Waals surface area contributed by atoms with Crippen molar-refractivity contribution < 1.29 is 9.59 Å². The van der Waals surface area contributed by atoms with Gasteiger partial charge in [0.05, 0.1) is 11.4 Å². The molecule has 2 amide bonds. The van der Waals surface area contributed by atoms with E-state index in [0.29, 0.717) is 28.9 Å². The molecule has 0 bridgehead atoms. The monoisotopic (exact) mass is 408 g/mol. The van der Waals surface area contributed by atoms with Gasteiger partial charge in [-0.3, -0.25) is 14.9 Å². The molecule has 1 aromatic heterocycles. The van der Waals surface area contributed by atoms with E-state index < -0.39 is 0 Å². The Labute approximate surface area is 167 Å². The molecule has 2 aliphatic heterocycles. The van der Waals surface area contributed by atoms with Gasteiger partial charge in [-0.2, -0.15) is 10.1 Å². The fourth-order valence-electron chi connectivity index (χ4n) is 3.16. The summed E-state index contributed by atoms with van der Waals surface area (Å²) in [5, 5.41) is 13.4. The zero-order valence-corrected chi connectivity index (χ0v) is 16.5. The number of anilines is 2. The highest BCUT2D eigenvalue weighted by atomic mass is 35.5. The molecule has 10 heteroatoms. The molecule has 0 unspecified atom stereocenters. The first kappa shape index (κ1) is 19.7. The number of thioether (sulfide) groups is 1. The van der Waals surface area contributed by atoms with Crippen molar-refractivity contribution in [2.45, 2.75) is 23.7 Å². The van der Waals surface area contributed by atoms with E-state index in [-0.39, 0.29) is 24.2 Å². The number of aromatic nitrogens is 3. The quantitative estimate of drug-likeness (QED) is 0.718. The van der Waals surface area contributed by atoms with Crippen molar-refractivity contribution in [1.82, 2.24) is 20.1 Å². The zero-order valence-electron chi connectivity index (χ0n) is 14.8. The summed E-state index contributed by atoms with van der Waals surface area (Å²) in [6.07, 6.45) is 2.00. The first-order valence-corrected chi connectivity index (χ1v) is 9.58. The van der Waals surface area contributed by atoms with Crippen LogP contribution in [0.3, 0.4) is 0 Å². The lowest BCUT2D eigenvalue weighted by molar-refractivity contribution is -0.113. The molecule has 1 saturated heterocycles. The van der Waals surface area contributed by atoms with Crippen LogP contribution >= 0.6 is 24.2 Å². The van der Waals surface area contributed by atoms with Gasteiger partial charge in [0, 0.05) is 23.4 Å². The molecule has 144 valence electrons. The molecule has 1 fully saturated rings. The number of aryl methyl sites for hydroxylation is 1. The van der Waals surface area contributed by atoms with Gasteiger partial charge < -0.3 is 10.6 Å². The number of nitrogens with one attached hydrogen (secondary N) is 3. The van der Waals surface area contributed by atoms with Gasteiger partial charge in [0.2, 0.25) is 11.9 Å². The van der Waals surface area contributed by atoms with Crippen LogP contribution in [0.15, 0.2) is 23.1 Å². The Morgan fingerprint density at radius 3 is 2.89 bits per heavy atom. The molecule has 8 nitrogen and oxygen atoms in total. The SMILES string of the molecule is Cl.Cn1nc(C2CCNCC2)nc1NC(=O)c1ccc2c(c1)NC(=O)CS2. The summed E-state index contributed by atoms with van der Waals surface area (Å²) in [5.41, 5.74) is 1.14. The number of benzene rings is 1. The fourth-order valence-corrected chi connectivity index (χ4v) is 3.95. The number of hydrogen-bond acceptors (Lipinski definition) is 6. The van der Waals surface area contributed by atoms with Gasteiger partial charge in [-0.25, -0.2) is 4.68 Å². The van der Waals surface area contributed by atoms with Crippen molar-refractivity contribution in [3.63, 3.8) is 0 Å². The number of amides is 2. The molecule has 2 aromatic rings. The summed E-state index contributed by atoms with van der Waals surface area (Å²) in [5.74, 6) is 1.60. The predicted octanol–water partition coefficient (Wildman–Crippen LogP) is 2.00. The molecular weight excluding hydrogens is 388 g/mol. The van der Waals surface area contributed by atoms with Crippen LogP contribution in [0.2, 0.25) is 0 Å². The van der Waals surface area contributed by atoms with Crippen molar-refractivity contribution in [2.24, 2.45) is 7.05 Å². The average molecular weight is 409 g/mol. The second-order valence-corrected chi connectivity index (χ2v) is 7.46. The van der Waals surface area contributed by atoms with Crippen LogP contribution in [0, 0.1) is 0 Å². The number of halogens is 1. The minimum absolute atomic E-state index is 0. The Morgan fingerprint density at radius 1 is 1.33 bits per heavy atom. The van der Waals surface area contributed by atoms with Crippen molar-refractivity contribution in [1.29, 1.82) is 0 Å². The molecular formula is C17H21ClN6O2S. The van der Waals surface area contributed by atoms with Gasteiger partial charge in [-0.1, -0.05) is 0 Å². The van der Waals surface area contributed by atoms with Gasteiger partial charge in [-0.05, 0) is 44.1 Å². The molecule has 0 spiro atoms. The van der Waals surface area contributed by atoms with Crippen molar-refractivity contribution in [2.75, 3.05) is 29.5 Å². The number of piperidine rings is 1. The molecule has 2 aliphatic rings. The van der Waals surface area contributed by atoms with Crippen LogP contribution < -0.4 is 16.0 Å². The molecule has 0 aliphatic carbocycles. The van der Waals surface area contributed by atoms with Crippen molar-refractivity contribution in [3.8, 4) is 0 Å². The van der Waals surface area contributed by atoms with E-state index in [1.807, 2.05) is 6.07 Å². The van der Waals surface area contributed by atoms with Crippen LogP contribution in [0.1, 0.15) is 34.9 Å². The third-order valence-electron chi connectivity index (χ3n) is 4.58. The number of nitrogens with zero attached hydrogens (tertiary/aromatic N) is 3. The smallest absolute Gasteiger partial charge is 0.258 e. The van der Waals surface area contributed by atoms with Gasteiger partial charge in [0.25, 0.3) is 5.91 Å². The molecule has 3 heterocycles. The van der Waals surface area contributed by atoms with Crippen LogP contribution in [0.4, 0.5) is 11.6 Å². The van der Waals surface area contributed by atoms with Crippen molar-refractivity contribution >= 4 is 47.6 Å². The minimum atomic E-state index is -0.273. The Bertz CT molecular complexity index is 865. The van der Waals surface area contributed by atoms with Crippen LogP contribution in [-0.4, -0.2) is 45.4 Å². The number of fused-ring (bicyclic) bond motifs is 1. The minimum Gasteiger partial charge on any atom is -0.324 e. The van der Waals surface area contributed by atoms with Gasteiger partial charge in [-0.15, -0.1) is 24.2 Å². The van der Waals surface area contributed by atoms with E-state index in [4.69, 9.17) is 0 Å². The number of rotatable bonds is 3. The van der Waals surface area contributed by atoms with Crippen molar-refractivity contribution in [3.05, 3.63) is 29.6 Å². The van der Waals surface area contributed by atoms with E-state index in [2.05, 4.69) is 26.0 Å². The fraction of sp³-hybridized carbons (Fsp3) is 0.412. The number of carbonyl (C=O) groups is 2. The average Bonchev–Trinajstić information content (AvgIpc) is 3.02. The maximum absolute atomic E-state index is 12.6. The van der Waals surface area contributed by atoms with E-state index in [9.17, 15) is 9.59 Å². The lowest BCUT2D eigenvalue weighted by Crippen LogP contribution is -2.27. The Balaban J connectivity index is 0.00000210. The maximum atomic E-state index is 12.6. The normalized spacial score (nSPS) is 16.9. The number of hydrogen-bond donors (Lipinski definition) is 3.